The van der Waals surface area contributed by atoms with Crippen LogP contribution in [0, 0.1) is 0 Å². The van der Waals surface area contributed by atoms with Crippen LogP contribution in [-0.4, -0.2) is 23.6 Å². The lowest BCUT2D eigenvalue weighted by atomic mass is 10.3. The molecular weight excluding hydrogens is 358 g/mol. The summed E-state index contributed by atoms with van der Waals surface area (Å²) in [4.78, 5) is 22.7. The zero-order valence-corrected chi connectivity index (χ0v) is 13.2. The van der Waals surface area contributed by atoms with Gasteiger partial charge in [-0.2, -0.15) is 0 Å². The molecule has 0 saturated heterocycles. The van der Waals surface area contributed by atoms with Gasteiger partial charge < -0.3 is 15.2 Å². The topological polar surface area (TPSA) is 75.6 Å². The number of carbonyl (C=O) groups excluding carboxylic acids is 1. The van der Waals surface area contributed by atoms with E-state index in [2.05, 4.69) is 21.2 Å². The molecular formula is C14H12BrNO4S. The first-order valence-electron chi connectivity index (χ1n) is 6.05. The number of nitrogens with one attached hydrogen (secondary N) is 1. The monoisotopic (exact) mass is 369 g/mol. The lowest BCUT2D eigenvalue weighted by molar-refractivity contribution is -0.116. The molecule has 0 aliphatic heterocycles. The fraction of sp³-hybridized carbons (Fsp3) is 0.143. The first-order chi connectivity index (χ1) is 10.1. The molecule has 7 heteroatoms. The molecule has 1 aromatic heterocycles. The minimum atomic E-state index is -1.06. The van der Waals surface area contributed by atoms with Crippen molar-refractivity contribution in [1.82, 2.24) is 0 Å². The molecule has 2 rings (SSSR count). The van der Waals surface area contributed by atoms with Crippen LogP contribution in [0.2, 0.25) is 0 Å². The van der Waals surface area contributed by atoms with Gasteiger partial charge in [-0.15, -0.1) is 11.3 Å². The maximum Gasteiger partial charge on any atom is 0.338 e. The first kappa shape index (κ1) is 15.5. The van der Waals surface area contributed by atoms with E-state index in [0.717, 1.165) is 4.47 Å². The minimum absolute atomic E-state index is 0.0992. The van der Waals surface area contributed by atoms with E-state index in [1.54, 1.807) is 17.5 Å². The third-order valence-electron chi connectivity index (χ3n) is 2.56. The smallest absolute Gasteiger partial charge is 0.338 e. The summed E-state index contributed by atoms with van der Waals surface area (Å²) in [7, 11) is 0. The standard InChI is InChI=1S/C14H12BrNO4S/c15-9-1-3-10(4-2-9)20-7-5-12(17)16-13-11(14(18)19)6-8-21-13/h1-4,6,8H,5,7H2,(H,16,17)(H,18,19). The molecule has 1 heterocycles. The van der Waals surface area contributed by atoms with Crippen LogP contribution in [0.15, 0.2) is 40.2 Å². The number of anilines is 1. The van der Waals surface area contributed by atoms with Gasteiger partial charge in [-0.05, 0) is 35.7 Å². The SMILES string of the molecule is O=C(CCOc1ccc(Br)cc1)Nc1sccc1C(=O)O. The number of carboxylic acid groups (broad SMARTS) is 1. The van der Waals surface area contributed by atoms with E-state index in [1.165, 1.54) is 17.4 Å². The molecule has 110 valence electrons. The van der Waals surface area contributed by atoms with Gasteiger partial charge in [0, 0.05) is 4.47 Å². The molecule has 2 aromatic rings. The Morgan fingerprint density at radius 2 is 1.95 bits per heavy atom. The summed E-state index contributed by atoms with van der Waals surface area (Å²) >= 11 is 4.50. The molecule has 0 spiro atoms. The average Bonchev–Trinajstić information content (AvgIpc) is 2.89. The van der Waals surface area contributed by atoms with Crippen LogP contribution in [0.5, 0.6) is 5.75 Å². The maximum absolute atomic E-state index is 11.7. The van der Waals surface area contributed by atoms with Crippen molar-refractivity contribution in [2.45, 2.75) is 6.42 Å². The van der Waals surface area contributed by atoms with Crippen molar-refractivity contribution in [3.8, 4) is 5.75 Å². The van der Waals surface area contributed by atoms with Gasteiger partial charge >= 0.3 is 5.97 Å². The number of hydrogen-bond donors (Lipinski definition) is 2. The van der Waals surface area contributed by atoms with Crippen LogP contribution >= 0.6 is 27.3 Å². The van der Waals surface area contributed by atoms with Crippen LogP contribution in [0.4, 0.5) is 5.00 Å². The summed E-state index contributed by atoms with van der Waals surface area (Å²) < 4.78 is 6.38. The molecule has 5 nitrogen and oxygen atoms in total. The fourth-order valence-electron chi connectivity index (χ4n) is 1.56. The van der Waals surface area contributed by atoms with Crippen LogP contribution in [-0.2, 0) is 4.79 Å². The average molecular weight is 370 g/mol. The largest absolute Gasteiger partial charge is 0.493 e. The molecule has 0 saturated carbocycles. The van der Waals surface area contributed by atoms with Gasteiger partial charge in [0.15, 0.2) is 0 Å². The van der Waals surface area contributed by atoms with Gasteiger partial charge in [-0.25, -0.2) is 4.79 Å². The predicted molar refractivity (Wildman–Crippen MR) is 84.2 cm³/mol. The molecule has 0 bridgehead atoms. The predicted octanol–water partition coefficient (Wildman–Crippen LogP) is 3.62. The Morgan fingerprint density at radius 3 is 2.62 bits per heavy atom. The van der Waals surface area contributed by atoms with E-state index in [9.17, 15) is 9.59 Å². The van der Waals surface area contributed by atoms with E-state index in [-0.39, 0.29) is 24.5 Å². The Bertz CT molecular complexity index is 639. The number of halogens is 1. The van der Waals surface area contributed by atoms with Crippen molar-refractivity contribution in [2.75, 3.05) is 11.9 Å². The molecule has 0 atom stereocenters. The number of ether oxygens (including phenoxy) is 1. The Labute approximate surface area is 133 Å². The zero-order chi connectivity index (χ0) is 15.2. The lowest BCUT2D eigenvalue weighted by Crippen LogP contribution is -2.16. The van der Waals surface area contributed by atoms with Crippen molar-refractivity contribution >= 4 is 44.1 Å². The highest BCUT2D eigenvalue weighted by molar-refractivity contribution is 9.10. The first-order valence-corrected chi connectivity index (χ1v) is 7.72. The summed E-state index contributed by atoms with van der Waals surface area (Å²) in [5.74, 6) is -0.664. The quantitative estimate of drug-likeness (QED) is 0.815. The number of aromatic carboxylic acids is 1. The molecule has 0 aliphatic rings. The van der Waals surface area contributed by atoms with Gasteiger partial charge in [-0.3, -0.25) is 4.79 Å². The Balaban J connectivity index is 1.81. The van der Waals surface area contributed by atoms with Crippen molar-refractivity contribution < 1.29 is 19.4 Å². The van der Waals surface area contributed by atoms with Gasteiger partial charge in [0.25, 0.3) is 0 Å². The Morgan fingerprint density at radius 1 is 1.24 bits per heavy atom. The second-order valence-corrected chi connectivity index (χ2v) is 5.90. The van der Waals surface area contributed by atoms with Crippen molar-refractivity contribution in [2.24, 2.45) is 0 Å². The van der Waals surface area contributed by atoms with E-state index in [1.807, 2.05) is 12.1 Å². The number of carboxylic acids is 1. The van der Waals surface area contributed by atoms with Gasteiger partial charge in [0.1, 0.15) is 10.8 Å². The fourth-order valence-corrected chi connectivity index (χ4v) is 2.62. The van der Waals surface area contributed by atoms with Crippen LogP contribution in [0.25, 0.3) is 0 Å². The summed E-state index contributed by atoms with van der Waals surface area (Å²) in [6, 6.07) is 8.74. The molecule has 1 amide bonds. The number of benzene rings is 1. The third kappa shape index (κ3) is 4.57. The third-order valence-corrected chi connectivity index (χ3v) is 3.92. The summed E-state index contributed by atoms with van der Waals surface area (Å²) in [6.07, 6.45) is 0.146. The highest BCUT2D eigenvalue weighted by Crippen LogP contribution is 2.23. The Hall–Kier alpha value is -1.86. The number of rotatable bonds is 6. The van der Waals surface area contributed by atoms with Gasteiger partial charge in [0.2, 0.25) is 5.91 Å². The van der Waals surface area contributed by atoms with E-state index in [0.29, 0.717) is 10.8 Å². The number of hydrogen-bond acceptors (Lipinski definition) is 4. The Kier molecular flexibility index (Phi) is 5.35. The van der Waals surface area contributed by atoms with Crippen LogP contribution in [0.1, 0.15) is 16.8 Å². The second-order valence-electron chi connectivity index (χ2n) is 4.07. The normalized spacial score (nSPS) is 10.1. The molecule has 0 fully saturated rings. The molecule has 21 heavy (non-hydrogen) atoms. The highest BCUT2D eigenvalue weighted by Gasteiger charge is 2.13. The minimum Gasteiger partial charge on any atom is -0.493 e. The number of carbonyl (C=O) groups is 2. The van der Waals surface area contributed by atoms with E-state index >= 15 is 0 Å². The molecule has 0 aliphatic carbocycles. The van der Waals surface area contributed by atoms with Crippen molar-refractivity contribution in [3.63, 3.8) is 0 Å². The lowest BCUT2D eigenvalue weighted by Gasteiger charge is -2.07. The van der Waals surface area contributed by atoms with Crippen molar-refractivity contribution in [1.29, 1.82) is 0 Å². The van der Waals surface area contributed by atoms with Crippen molar-refractivity contribution in [3.05, 3.63) is 45.7 Å². The number of amides is 1. The van der Waals surface area contributed by atoms with Gasteiger partial charge in [-0.1, -0.05) is 15.9 Å². The summed E-state index contributed by atoms with van der Waals surface area (Å²) in [6.45, 7) is 0.223. The summed E-state index contributed by atoms with van der Waals surface area (Å²) in [5.41, 5.74) is 0.0992. The maximum atomic E-state index is 11.7. The van der Waals surface area contributed by atoms with Crippen LogP contribution in [0.3, 0.4) is 0 Å². The molecule has 1 aromatic carbocycles. The van der Waals surface area contributed by atoms with E-state index in [4.69, 9.17) is 9.84 Å². The highest BCUT2D eigenvalue weighted by atomic mass is 79.9. The molecule has 2 N–H and O–H groups in total. The molecule has 0 unspecified atom stereocenters. The van der Waals surface area contributed by atoms with Gasteiger partial charge in [0.05, 0.1) is 18.6 Å². The molecule has 0 radical (unpaired) electrons. The summed E-state index contributed by atoms with van der Waals surface area (Å²) in [5, 5.41) is 13.5. The van der Waals surface area contributed by atoms with Crippen LogP contribution < -0.4 is 10.1 Å². The number of thiophene rings is 1. The van der Waals surface area contributed by atoms with E-state index < -0.39 is 5.97 Å². The second kappa shape index (κ2) is 7.24. The zero-order valence-electron chi connectivity index (χ0n) is 10.8.